The van der Waals surface area contributed by atoms with E-state index in [0.29, 0.717) is 18.8 Å². The molecule has 0 radical (unpaired) electrons. The molecule has 0 atom stereocenters. The van der Waals surface area contributed by atoms with Crippen LogP contribution in [0.15, 0.2) is 41.3 Å². The molecule has 2 aromatic carbocycles. The third kappa shape index (κ3) is 5.01. The SMILES string of the molecule is Cc1c(CN2CCSCC2)cccc1NC(=O)c1ccc(F)c(S(=O)(=O)N2CCCC2)c1. The third-order valence-electron chi connectivity index (χ3n) is 6.07. The zero-order valence-corrected chi connectivity index (χ0v) is 19.8. The first-order valence-corrected chi connectivity index (χ1v) is 13.5. The second-order valence-corrected chi connectivity index (χ2v) is 11.3. The Morgan fingerprint density at radius 3 is 2.53 bits per heavy atom. The first kappa shape index (κ1) is 23.2. The van der Waals surface area contributed by atoms with E-state index in [0.717, 1.165) is 67.2 Å². The largest absolute Gasteiger partial charge is 0.322 e. The minimum atomic E-state index is -3.96. The van der Waals surface area contributed by atoms with Gasteiger partial charge in [-0.1, -0.05) is 12.1 Å². The molecule has 2 fully saturated rings. The lowest BCUT2D eigenvalue weighted by Crippen LogP contribution is -2.32. The van der Waals surface area contributed by atoms with E-state index in [-0.39, 0.29) is 5.56 Å². The van der Waals surface area contributed by atoms with Crippen LogP contribution in [0.3, 0.4) is 0 Å². The number of nitrogens with one attached hydrogen (secondary N) is 1. The standard InChI is InChI=1S/C23H28FN3O3S2/c1-17-19(16-26-11-13-31-14-12-26)5-4-6-21(17)25-23(28)18-7-8-20(24)22(15-18)32(29,30)27-9-2-3-10-27/h4-8,15H,2-3,9-14,16H2,1H3,(H,25,28). The number of sulfonamides is 1. The number of benzene rings is 2. The first-order valence-electron chi connectivity index (χ1n) is 10.9. The molecule has 32 heavy (non-hydrogen) atoms. The molecule has 2 aliphatic rings. The van der Waals surface area contributed by atoms with Crippen LogP contribution >= 0.6 is 11.8 Å². The number of carbonyl (C=O) groups is 1. The molecule has 0 aromatic heterocycles. The van der Waals surface area contributed by atoms with Gasteiger partial charge in [-0.3, -0.25) is 9.69 Å². The van der Waals surface area contributed by atoms with Crippen molar-refractivity contribution in [3.05, 3.63) is 58.9 Å². The highest BCUT2D eigenvalue weighted by Crippen LogP contribution is 2.26. The molecule has 1 N–H and O–H groups in total. The quantitative estimate of drug-likeness (QED) is 0.687. The van der Waals surface area contributed by atoms with Crippen LogP contribution in [-0.4, -0.2) is 61.2 Å². The molecule has 2 heterocycles. The monoisotopic (exact) mass is 477 g/mol. The van der Waals surface area contributed by atoms with Gasteiger partial charge in [0.2, 0.25) is 10.0 Å². The molecule has 6 nitrogen and oxygen atoms in total. The van der Waals surface area contributed by atoms with E-state index in [1.807, 2.05) is 30.8 Å². The summed E-state index contributed by atoms with van der Waals surface area (Å²) in [7, 11) is -3.96. The molecule has 9 heteroatoms. The van der Waals surface area contributed by atoms with Crippen molar-refractivity contribution in [1.82, 2.24) is 9.21 Å². The van der Waals surface area contributed by atoms with Gasteiger partial charge in [-0.2, -0.15) is 16.1 Å². The molecule has 4 rings (SSSR count). The van der Waals surface area contributed by atoms with Crippen molar-refractivity contribution in [2.75, 3.05) is 43.0 Å². The molecule has 0 aliphatic carbocycles. The topological polar surface area (TPSA) is 69.7 Å². The summed E-state index contributed by atoms with van der Waals surface area (Å²) in [6.45, 7) is 5.64. The van der Waals surface area contributed by atoms with Crippen molar-refractivity contribution in [3.63, 3.8) is 0 Å². The number of nitrogens with zero attached hydrogens (tertiary/aromatic N) is 2. The summed E-state index contributed by atoms with van der Waals surface area (Å²) in [5.41, 5.74) is 2.91. The smallest absolute Gasteiger partial charge is 0.255 e. The number of hydrogen-bond acceptors (Lipinski definition) is 5. The van der Waals surface area contributed by atoms with Crippen molar-refractivity contribution in [3.8, 4) is 0 Å². The van der Waals surface area contributed by atoms with E-state index in [2.05, 4.69) is 16.3 Å². The lowest BCUT2D eigenvalue weighted by Gasteiger charge is -2.27. The van der Waals surface area contributed by atoms with Gasteiger partial charge < -0.3 is 5.32 Å². The van der Waals surface area contributed by atoms with Gasteiger partial charge in [-0.25, -0.2) is 12.8 Å². The fourth-order valence-corrected chi connectivity index (χ4v) is 6.68. The highest BCUT2D eigenvalue weighted by atomic mass is 32.2. The molecular formula is C23H28FN3O3S2. The maximum atomic E-state index is 14.4. The van der Waals surface area contributed by atoms with Crippen LogP contribution in [0.4, 0.5) is 10.1 Å². The third-order valence-corrected chi connectivity index (χ3v) is 8.92. The summed E-state index contributed by atoms with van der Waals surface area (Å²) >= 11 is 1.96. The van der Waals surface area contributed by atoms with E-state index >= 15 is 0 Å². The Morgan fingerprint density at radius 2 is 1.81 bits per heavy atom. The molecule has 0 spiro atoms. The molecule has 1 amide bonds. The van der Waals surface area contributed by atoms with Crippen LogP contribution in [0.5, 0.6) is 0 Å². The van der Waals surface area contributed by atoms with Gasteiger partial charge in [0.25, 0.3) is 5.91 Å². The van der Waals surface area contributed by atoms with Gasteiger partial charge in [-0.05, 0) is 55.2 Å². The van der Waals surface area contributed by atoms with E-state index in [1.165, 1.54) is 10.4 Å². The highest BCUT2D eigenvalue weighted by Gasteiger charge is 2.30. The second kappa shape index (κ2) is 9.91. The zero-order valence-electron chi connectivity index (χ0n) is 18.1. The summed E-state index contributed by atoms with van der Waals surface area (Å²) in [6, 6.07) is 9.31. The normalized spacial score (nSPS) is 18.1. The molecule has 2 aromatic rings. The maximum absolute atomic E-state index is 14.4. The van der Waals surface area contributed by atoms with Crippen LogP contribution in [-0.2, 0) is 16.6 Å². The maximum Gasteiger partial charge on any atom is 0.255 e. The van der Waals surface area contributed by atoms with E-state index in [4.69, 9.17) is 0 Å². The van der Waals surface area contributed by atoms with Crippen molar-refractivity contribution in [2.24, 2.45) is 0 Å². The van der Waals surface area contributed by atoms with Crippen LogP contribution in [0.25, 0.3) is 0 Å². The summed E-state index contributed by atoms with van der Waals surface area (Å²) in [4.78, 5) is 14.9. The van der Waals surface area contributed by atoms with Gasteiger partial charge in [0.15, 0.2) is 0 Å². The van der Waals surface area contributed by atoms with Gasteiger partial charge in [0.1, 0.15) is 10.7 Å². The number of halogens is 1. The molecule has 0 unspecified atom stereocenters. The van der Waals surface area contributed by atoms with Crippen LogP contribution in [0, 0.1) is 12.7 Å². The average Bonchev–Trinajstić information content (AvgIpc) is 3.33. The fourth-order valence-electron chi connectivity index (χ4n) is 4.09. The average molecular weight is 478 g/mol. The lowest BCUT2D eigenvalue weighted by molar-refractivity contribution is 0.102. The van der Waals surface area contributed by atoms with Crippen LogP contribution in [0.2, 0.25) is 0 Å². The predicted molar refractivity (Wildman–Crippen MR) is 126 cm³/mol. The van der Waals surface area contributed by atoms with Gasteiger partial charge in [-0.15, -0.1) is 0 Å². The molecular weight excluding hydrogens is 449 g/mol. The molecule has 0 bridgehead atoms. The molecule has 2 aliphatic heterocycles. The summed E-state index contributed by atoms with van der Waals surface area (Å²) < 4.78 is 41.3. The Kier molecular flexibility index (Phi) is 7.19. The lowest BCUT2D eigenvalue weighted by atomic mass is 10.1. The Morgan fingerprint density at radius 1 is 1.09 bits per heavy atom. The fraction of sp³-hybridized carbons (Fsp3) is 0.435. The summed E-state index contributed by atoms with van der Waals surface area (Å²) in [6.07, 6.45) is 1.51. The minimum Gasteiger partial charge on any atom is -0.322 e. The van der Waals surface area contributed by atoms with Crippen molar-refractivity contribution < 1.29 is 17.6 Å². The number of anilines is 1. The number of hydrogen-bond donors (Lipinski definition) is 1. The Balaban J connectivity index is 1.54. The van der Waals surface area contributed by atoms with Crippen molar-refractivity contribution in [2.45, 2.75) is 31.2 Å². The molecule has 2 saturated heterocycles. The van der Waals surface area contributed by atoms with Crippen molar-refractivity contribution >= 4 is 33.4 Å². The zero-order chi connectivity index (χ0) is 22.7. The Hall–Kier alpha value is -1.94. The van der Waals surface area contributed by atoms with Crippen LogP contribution in [0.1, 0.15) is 34.3 Å². The first-order chi connectivity index (χ1) is 15.4. The summed E-state index contributed by atoms with van der Waals surface area (Å²) in [5.74, 6) is 0.953. The Labute approximate surface area is 193 Å². The van der Waals surface area contributed by atoms with Crippen molar-refractivity contribution in [1.29, 1.82) is 0 Å². The van der Waals surface area contributed by atoms with E-state index in [9.17, 15) is 17.6 Å². The van der Waals surface area contributed by atoms with E-state index in [1.54, 1.807) is 0 Å². The van der Waals surface area contributed by atoms with Gasteiger partial charge in [0, 0.05) is 55.5 Å². The highest BCUT2D eigenvalue weighted by molar-refractivity contribution is 7.99. The van der Waals surface area contributed by atoms with Crippen LogP contribution < -0.4 is 5.32 Å². The predicted octanol–water partition coefficient (Wildman–Crippen LogP) is 3.72. The number of thioether (sulfide) groups is 1. The van der Waals surface area contributed by atoms with Gasteiger partial charge >= 0.3 is 0 Å². The summed E-state index contributed by atoms with van der Waals surface area (Å²) in [5, 5.41) is 2.88. The van der Waals surface area contributed by atoms with Gasteiger partial charge in [0.05, 0.1) is 0 Å². The number of amides is 1. The molecule has 172 valence electrons. The second-order valence-electron chi connectivity index (χ2n) is 8.19. The van der Waals surface area contributed by atoms with E-state index < -0.39 is 26.6 Å². The minimum absolute atomic E-state index is 0.113. The Bertz CT molecular complexity index is 1100. The number of carbonyl (C=O) groups excluding carboxylic acids is 1. The number of rotatable bonds is 6. The molecule has 0 saturated carbocycles.